The highest BCUT2D eigenvalue weighted by molar-refractivity contribution is 5.89. The number of hydrogen-bond acceptors (Lipinski definition) is 4. The molecule has 6 heteroatoms. The summed E-state index contributed by atoms with van der Waals surface area (Å²) in [6, 6.07) is 14.7. The van der Waals surface area contributed by atoms with Gasteiger partial charge >= 0.3 is 5.97 Å². The van der Waals surface area contributed by atoms with E-state index in [1.807, 2.05) is 18.2 Å². The lowest BCUT2D eigenvalue weighted by atomic mass is 10.1. The van der Waals surface area contributed by atoms with Crippen molar-refractivity contribution in [3.63, 3.8) is 0 Å². The second-order valence-electron chi connectivity index (χ2n) is 7.11. The maximum absolute atomic E-state index is 14.2. The lowest BCUT2D eigenvalue weighted by molar-refractivity contribution is -0.131. The fraction of sp³-hybridized carbons (Fsp3) is 0.348. The van der Waals surface area contributed by atoms with Crippen molar-refractivity contribution in [3.8, 4) is 5.75 Å². The fourth-order valence-electron chi connectivity index (χ4n) is 2.84. The minimum absolute atomic E-state index is 0.0213. The van der Waals surface area contributed by atoms with Crippen molar-refractivity contribution >= 4 is 11.5 Å². The number of carboxylic acids is 1. The molecule has 0 heterocycles. The highest BCUT2D eigenvalue weighted by atomic mass is 19.1. The second kappa shape index (κ2) is 11.3. The minimum atomic E-state index is -1.09. The van der Waals surface area contributed by atoms with Gasteiger partial charge in [0.05, 0.1) is 0 Å². The predicted octanol–water partition coefficient (Wildman–Crippen LogP) is 3.66. The molecule has 0 aliphatic heterocycles. The minimum Gasteiger partial charge on any atom is -0.488 e. The SMILES string of the molecule is CC(=CC(=O)O)c1ccc(OCC(O)CNC(C)CCc2ccccc2)c(F)c1. The van der Waals surface area contributed by atoms with Gasteiger partial charge in [0, 0.05) is 18.7 Å². The van der Waals surface area contributed by atoms with Gasteiger partial charge in [-0.3, -0.25) is 0 Å². The van der Waals surface area contributed by atoms with Gasteiger partial charge in [-0.2, -0.15) is 0 Å². The summed E-state index contributed by atoms with van der Waals surface area (Å²) in [6.45, 7) is 3.95. The average molecular weight is 401 g/mol. The van der Waals surface area contributed by atoms with Crippen LogP contribution in [0.15, 0.2) is 54.6 Å². The van der Waals surface area contributed by atoms with E-state index in [9.17, 15) is 14.3 Å². The average Bonchev–Trinajstić information content (AvgIpc) is 2.70. The topological polar surface area (TPSA) is 78.8 Å². The standard InChI is InChI=1S/C23H28FNO4/c1-16(12-23(27)28)19-10-11-22(21(24)13-19)29-15-20(26)14-25-17(2)8-9-18-6-4-3-5-7-18/h3-7,10-13,17,20,25-26H,8-9,14-15H2,1-2H3,(H,27,28). The number of carboxylic acid groups (broad SMARTS) is 1. The molecular weight excluding hydrogens is 373 g/mol. The molecule has 0 saturated carbocycles. The first-order valence-electron chi connectivity index (χ1n) is 9.64. The van der Waals surface area contributed by atoms with E-state index in [1.165, 1.54) is 17.7 Å². The van der Waals surface area contributed by atoms with Crippen LogP contribution in [0, 0.1) is 5.82 Å². The van der Waals surface area contributed by atoms with Gasteiger partial charge in [0.15, 0.2) is 11.6 Å². The summed E-state index contributed by atoms with van der Waals surface area (Å²) in [5.74, 6) is -1.66. The summed E-state index contributed by atoms with van der Waals surface area (Å²) >= 11 is 0. The highest BCUT2D eigenvalue weighted by Gasteiger charge is 2.11. The van der Waals surface area contributed by atoms with Crippen molar-refractivity contribution in [1.82, 2.24) is 5.32 Å². The Bertz CT molecular complexity index is 823. The largest absolute Gasteiger partial charge is 0.488 e. The van der Waals surface area contributed by atoms with E-state index in [2.05, 4.69) is 24.4 Å². The molecular formula is C23H28FNO4. The van der Waals surface area contributed by atoms with Gasteiger partial charge in [-0.05, 0) is 55.5 Å². The maximum atomic E-state index is 14.2. The van der Waals surface area contributed by atoms with Crippen molar-refractivity contribution in [3.05, 3.63) is 71.6 Å². The van der Waals surface area contributed by atoms with Gasteiger partial charge in [0.2, 0.25) is 0 Å². The number of aryl methyl sites for hydroxylation is 1. The molecule has 156 valence electrons. The third kappa shape index (κ3) is 8.05. The Morgan fingerprint density at radius 3 is 2.62 bits per heavy atom. The number of hydrogen-bond donors (Lipinski definition) is 3. The van der Waals surface area contributed by atoms with Crippen LogP contribution in [-0.4, -0.2) is 41.5 Å². The van der Waals surface area contributed by atoms with Gasteiger partial charge < -0.3 is 20.3 Å². The van der Waals surface area contributed by atoms with E-state index in [1.54, 1.807) is 13.0 Å². The van der Waals surface area contributed by atoms with Gasteiger partial charge in [-0.1, -0.05) is 36.4 Å². The summed E-state index contributed by atoms with van der Waals surface area (Å²) in [4.78, 5) is 10.7. The molecule has 2 aromatic carbocycles. The fourth-order valence-corrected chi connectivity index (χ4v) is 2.84. The van der Waals surface area contributed by atoms with Crippen LogP contribution < -0.4 is 10.1 Å². The zero-order valence-electron chi connectivity index (χ0n) is 16.8. The van der Waals surface area contributed by atoms with Crippen LogP contribution in [-0.2, 0) is 11.2 Å². The van der Waals surface area contributed by atoms with Gasteiger partial charge in [-0.25, -0.2) is 9.18 Å². The third-order valence-electron chi connectivity index (χ3n) is 4.57. The summed E-state index contributed by atoms with van der Waals surface area (Å²) in [6.07, 6.45) is 2.14. The first-order valence-corrected chi connectivity index (χ1v) is 9.64. The zero-order chi connectivity index (χ0) is 21.2. The third-order valence-corrected chi connectivity index (χ3v) is 4.57. The van der Waals surface area contributed by atoms with Crippen molar-refractivity contribution in [2.75, 3.05) is 13.2 Å². The molecule has 0 aromatic heterocycles. The normalized spacial score (nSPS) is 13.7. The molecule has 29 heavy (non-hydrogen) atoms. The van der Waals surface area contributed by atoms with Crippen LogP contribution in [0.5, 0.6) is 5.75 Å². The molecule has 2 aromatic rings. The van der Waals surface area contributed by atoms with Crippen LogP contribution in [0.25, 0.3) is 5.57 Å². The number of carbonyl (C=O) groups is 1. The van der Waals surface area contributed by atoms with E-state index < -0.39 is 17.9 Å². The van der Waals surface area contributed by atoms with Gasteiger partial charge in [0.25, 0.3) is 0 Å². The molecule has 5 nitrogen and oxygen atoms in total. The molecule has 2 atom stereocenters. The predicted molar refractivity (Wildman–Crippen MR) is 111 cm³/mol. The van der Waals surface area contributed by atoms with Gasteiger partial charge in [-0.15, -0.1) is 0 Å². The Balaban J connectivity index is 1.75. The molecule has 0 spiro atoms. The smallest absolute Gasteiger partial charge is 0.328 e. The molecule has 0 radical (unpaired) electrons. The number of aliphatic hydroxyl groups excluding tert-OH is 1. The van der Waals surface area contributed by atoms with Gasteiger partial charge in [0.1, 0.15) is 12.7 Å². The van der Waals surface area contributed by atoms with Crippen LogP contribution in [0.1, 0.15) is 31.4 Å². The first-order chi connectivity index (χ1) is 13.8. The number of aliphatic carboxylic acids is 1. The molecule has 0 saturated heterocycles. The zero-order valence-corrected chi connectivity index (χ0v) is 16.8. The van der Waals surface area contributed by atoms with E-state index >= 15 is 0 Å². The molecule has 0 bridgehead atoms. The van der Waals surface area contributed by atoms with Crippen LogP contribution >= 0.6 is 0 Å². The van der Waals surface area contributed by atoms with Crippen molar-refractivity contribution < 1.29 is 24.1 Å². The summed E-state index contributed by atoms with van der Waals surface area (Å²) < 4.78 is 19.6. The number of allylic oxidation sites excluding steroid dienone is 1. The van der Waals surface area contributed by atoms with Crippen LogP contribution in [0.2, 0.25) is 0 Å². The lowest BCUT2D eigenvalue weighted by Gasteiger charge is -2.18. The Kier molecular flexibility index (Phi) is 8.83. The number of aliphatic hydroxyl groups is 1. The molecule has 3 N–H and O–H groups in total. The number of nitrogens with one attached hydrogen (secondary N) is 1. The maximum Gasteiger partial charge on any atom is 0.328 e. The molecule has 0 fully saturated rings. The second-order valence-corrected chi connectivity index (χ2v) is 7.11. The van der Waals surface area contributed by atoms with Crippen molar-refractivity contribution in [2.24, 2.45) is 0 Å². The monoisotopic (exact) mass is 401 g/mol. The lowest BCUT2D eigenvalue weighted by Crippen LogP contribution is -2.36. The van der Waals surface area contributed by atoms with E-state index in [4.69, 9.17) is 9.84 Å². The number of rotatable bonds is 11. The van der Waals surface area contributed by atoms with Crippen LogP contribution in [0.4, 0.5) is 4.39 Å². The Labute approximate surface area is 170 Å². The summed E-state index contributed by atoms with van der Waals surface area (Å²) in [7, 11) is 0. The number of halogens is 1. The Morgan fingerprint density at radius 1 is 1.24 bits per heavy atom. The van der Waals surface area contributed by atoms with E-state index in [0.29, 0.717) is 17.7 Å². The van der Waals surface area contributed by atoms with Crippen LogP contribution in [0.3, 0.4) is 0 Å². The molecule has 2 unspecified atom stereocenters. The van der Waals surface area contributed by atoms with E-state index in [0.717, 1.165) is 18.9 Å². The molecule has 0 aliphatic rings. The van der Waals surface area contributed by atoms with Crippen molar-refractivity contribution in [1.29, 1.82) is 0 Å². The summed E-state index contributed by atoms with van der Waals surface area (Å²) in [5, 5.41) is 22.1. The molecule has 0 amide bonds. The quantitative estimate of drug-likeness (QED) is 0.501. The highest BCUT2D eigenvalue weighted by Crippen LogP contribution is 2.22. The Morgan fingerprint density at radius 2 is 1.97 bits per heavy atom. The number of ether oxygens (including phenoxy) is 1. The molecule has 2 rings (SSSR count). The molecule has 0 aliphatic carbocycles. The number of benzene rings is 2. The first kappa shape index (κ1) is 22.6. The summed E-state index contributed by atoms with van der Waals surface area (Å²) in [5.41, 5.74) is 2.18. The Hall–Kier alpha value is -2.70. The van der Waals surface area contributed by atoms with E-state index in [-0.39, 0.29) is 18.4 Å². The van der Waals surface area contributed by atoms with Crippen molar-refractivity contribution in [2.45, 2.75) is 38.8 Å².